The van der Waals surface area contributed by atoms with Crippen LogP contribution in [-0.2, 0) is 30.6 Å². The van der Waals surface area contributed by atoms with Crippen molar-refractivity contribution >= 4 is 17.5 Å². The Morgan fingerprint density at radius 1 is 0.902 bits per heavy atom. The maximum absolute atomic E-state index is 14.7. The summed E-state index contributed by atoms with van der Waals surface area (Å²) in [5, 5.41) is 11.1. The largest absolute Gasteiger partial charge is 0.507 e. The fraction of sp³-hybridized carbons (Fsp3) is 0.306. The molecule has 4 aromatic rings. The third-order valence-electron chi connectivity index (χ3n) is 9.03. The van der Waals surface area contributed by atoms with Gasteiger partial charge < -0.3 is 10.0 Å². The van der Waals surface area contributed by atoms with Crippen LogP contribution < -0.4 is 0 Å². The summed E-state index contributed by atoms with van der Waals surface area (Å²) in [6.07, 6.45) is 2.59. The van der Waals surface area contributed by atoms with Crippen molar-refractivity contribution in [3.8, 4) is 5.75 Å². The van der Waals surface area contributed by atoms with E-state index in [2.05, 4.69) is 71.3 Å². The van der Waals surface area contributed by atoms with E-state index in [0.29, 0.717) is 12.3 Å². The Bertz CT molecular complexity index is 1550. The fourth-order valence-corrected chi connectivity index (χ4v) is 7.14. The van der Waals surface area contributed by atoms with E-state index < -0.39 is 0 Å². The van der Waals surface area contributed by atoms with Crippen LogP contribution >= 0.6 is 11.6 Å². The van der Waals surface area contributed by atoms with Gasteiger partial charge in [-0.3, -0.25) is 9.69 Å². The number of aryl methyl sites for hydroxylation is 2. The number of aromatic hydroxyl groups is 1. The molecular weight excluding hydrogens is 528 g/mol. The molecule has 0 bridgehead atoms. The molecule has 4 nitrogen and oxygen atoms in total. The van der Waals surface area contributed by atoms with E-state index >= 15 is 0 Å². The molecule has 2 atom stereocenters. The number of rotatable bonds is 6. The molecular formula is C36H37ClN2O2. The lowest BCUT2D eigenvalue weighted by atomic mass is 9.87. The molecule has 5 heteroatoms. The zero-order chi connectivity index (χ0) is 28.7. The maximum atomic E-state index is 14.7. The summed E-state index contributed by atoms with van der Waals surface area (Å²) >= 11 is 6.80. The second-order valence-electron chi connectivity index (χ2n) is 11.7. The highest BCUT2D eigenvalue weighted by molar-refractivity contribution is 6.31. The van der Waals surface area contributed by atoms with Crippen LogP contribution in [0.3, 0.4) is 0 Å². The molecule has 0 spiro atoms. The Hall–Kier alpha value is -3.60. The lowest BCUT2D eigenvalue weighted by molar-refractivity contribution is -0.140. The molecule has 4 aromatic carbocycles. The molecule has 1 heterocycles. The van der Waals surface area contributed by atoms with Gasteiger partial charge in [0.2, 0.25) is 5.91 Å². The van der Waals surface area contributed by atoms with E-state index in [0.717, 1.165) is 53.1 Å². The van der Waals surface area contributed by atoms with Gasteiger partial charge in [-0.2, -0.15) is 0 Å². The highest BCUT2D eigenvalue weighted by Crippen LogP contribution is 2.40. The van der Waals surface area contributed by atoms with Crippen LogP contribution in [0.15, 0.2) is 84.9 Å². The number of amides is 1. The van der Waals surface area contributed by atoms with Crippen LogP contribution in [0.5, 0.6) is 5.75 Å². The lowest BCUT2D eigenvalue weighted by Crippen LogP contribution is -2.53. The van der Waals surface area contributed by atoms with Crippen molar-refractivity contribution in [2.24, 2.45) is 0 Å². The first-order valence-corrected chi connectivity index (χ1v) is 14.9. The van der Waals surface area contributed by atoms with Gasteiger partial charge in [-0.25, -0.2) is 0 Å². The quantitative estimate of drug-likeness (QED) is 0.269. The average Bonchev–Trinajstić information content (AvgIpc) is 3.42. The minimum Gasteiger partial charge on any atom is -0.507 e. The van der Waals surface area contributed by atoms with Crippen molar-refractivity contribution in [1.82, 2.24) is 9.80 Å². The normalized spacial score (nSPS) is 17.6. The highest BCUT2D eigenvalue weighted by Gasteiger charge is 2.39. The minimum absolute atomic E-state index is 0.0765. The third kappa shape index (κ3) is 5.27. The van der Waals surface area contributed by atoms with Crippen molar-refractivity contribution < 1.29 is 9.90 Å². The van der Waals surface area contributed by atoms with Crippen molar-refractivity contribution in [2.75, 3.05) is 6.54 Å². The standard InChI is InChI=1S/C36H37ClN2O2/c1-23-18-26(19-24(2)35(23)40)22-39(30-20-28-11-4-5-12-29(28)21-30)36(41)25(3)38-17-16-27-10-6-7-13-31(27)34(38)32-14-8-9-15-33(32)37/h4-15,18-19,25,30,34,40H,16-17,20-22H2,1-3H3. The number of phenols is 1. The number of fused-ring (bicyclic) bond motifs is 2. The lowest BCUT2D eigenvalue weighted by Gasteiger charge is -2.43. The number of carbonyl (C=O) groups excluding carboxylic acids is 1. The average molecular weight is 565 g/mol. The predicted octanol–water partition coefficient (Wildman–Crippen LogP) is 7.19. The van der Waals surface area contributed by atoms with Crippen LogP contribution in [0.25, 0.3) is 0 Å². The molecule has 0 saturated heterocycles. The van der Waals surface area contributed by atoms with Crippen LogP contribution in [0.4, 0.5) is 0 Å². The summed E-state index contributed by atoms with van der Waals surface area (Å²) in [5.41, 5.74) is 8.92. The first-order valence-electron chi connectivity index (χ1n) is 14.6. The van der Waals surface area contributed by atoms with Crippen LogP contribution in [0, 0.1) is 13.8 Å². The Morgan fingerprint density at radius 3 is 2.10 bits per heavy atom. The van der Waals surface area contributed by atoms with Gasteiger partial charge in [0, 0.05) is 24.2 Å². The Morgan fingerprint density at radius 2 is 1.46 bits per heavy atom. The van der Waals surface area contributed by atoms with E-state index in [1.165, 1.54) is 22.3 Å². The van der Waals surface area contributed by atoms with Gasteiger partial charge in [0.05, 0.1) is 12.1 Å². The van der Waals surface area contributed by atoms with Crippen LogP contribution in [0.2, 0.25) is 5.02 Å². The molecule has 1 amide bonds. The Balaban J connectivity index is 1.37. The Labute approximate surface area is 248 Å². The molecule has 1 aliphatic heterocycles. The first-order chi connectivity index (χ1) is 19.8. The summed E-state index contributed by atoms with van der Waals surface area (Å²) in [4.78, 5) is 19.1. The van der Waals surface area contributed by atoms with E-state index in [4.69, 9.17) is 11.6 Å². The molecule has 0 aromatic heterocycles. The highest BCUT2D eigenvalue weighted by atomic mass is 35.5. The second-order valence-corrected chi connectivity index (χ2v) is 12.1. The van der Waals surface area contributed by atoms with Crippen molar-refractivity contribution in [3.05, 3.63) is 134 Å². The molecule has 0 radical (unpaired) electrons. The maximum Gasteiger partial charge on any atom is 0.240 e. The van der Waals surface area contributed by atoms with Crippen molar-refractivity contribution in [1.29, 1.82) is 0 Å². The van der Waals surface area contributed by atoms with Crippen LogP contribution in [-0.4, -0.2) is 39.4 Å². The molecule has 1 N–H and O–H groups in total. The molecule has 2 unspecified atom stereocenters. The molecule has 1 aliphatic carbocycles. The van der Waals surface area contributed by atoms with E-state index in [1.807, 2.05) is 44.2 Å². The number of nitrogens with zero attached hydrogens (tertiary/aromatic N) is 2. The van der Waals surface area contributed by atoms with Gasteiger partial charge in [-0.15, -0.1) is 0 Å². The number of hydrogen-bond acceptors (Lipinski definition) is 3. The van der Waals surface area contributed by atoms with Gasteiger partial charge in [0.25, 0.3) is 0 Å². The van der Waals surface area contributed by atoms with Gasteiger partial charge in [0.15, 0.2) is 0 Å². The van der Waals surface area contributed by atoms with E-state index in [9.17, 15) is 9.90 Å². The number of hydrogen-bond donors (Lipinski definition) is 1. The zero-order valence-corrected chi connectivity index (χ0v) is 24.7. The fourth-order valence-electron chi connectivity index (χ4n) is 6.90. The van der Waals surface area contributed by atoms with Gasteiger partial charge in [-0.05, 0) is 90.6 Å². The molecule has 210 valence electrons. The zero-order valence-electron chi connectivity index (χ0n) is 24.0. The predicted molar refractivity (Wildman–Crippen MR) is 165 cm³/mol. The second kappa shape index (κ2) is 11.3. The van der Waals surface area contributed by atoms with Crippen molar-refractivity contribution in [2.45, 2.75) is 64.7 Å². The monoisotopic (exact) mass is 564 g/mol. The molecule has 0 fully saturated rings. The minimum atomic E-state index is -0.354. The summed E-state index contributed by atoms with van der Waals surface area (Å²) in [5.74, 6) is 0.449. The van der Waals surface area contributed by atoms with Crippen molar-refractivity contribution in [3.63, 3.8) is 0 Å². The summed E-state index contributed by atoms with van der Waals surface area (Å²) in [6, 6.07) is 28.8. The number of phenolic OH excluding ortho intramolecular Hbond substituents is 1. The summed E-state index contributed by atoms with van der Waals surface area (Å²) in [6.45, 7) is 7.18. The number of halogens is 1. The van der Waals surface area contributed by atoms with E-state index in [-0.39, 0.29) is 24.0 Å². The summed E-state index contributed by atoms with van der Waals surface area (Å²) < 4.78 is 0. The van der Waals surface area contributed by atoms with Crippen LogP contribution in [0.1, 0.15) is 57.5 Å². The smallest absolute Gasteiger partial charge is 0.240 e. The topological polar surface area (TPSA) is 43.8 Å². The SMILES string of the molecule is Cc1cc(CN(C(=O)C(C)N2CCc3ccccc3C2c2ccccc2Cl)C2Cc3ccccc3C2)cc(C)c1O. The van der Waals surface area contributed by atoms with E-state index in [1.54, 1.807) is 0 Å². The number of carbonyl (C=O) groups is 1. The number of benzene rings is 4. The molecule has 0 saturated carbocycles. The van der Waals surface area contributed by atoms with Gasteiger partial charge in [0.1, 0.15) is 5.75 Å². The molecule has 2 aliphatic rings. The van der Waals surface area contributed by atoms with Gasteiger partial charge in [-0.1, -0.05) is 90.5 Å². The third-order valence-corrected chi connectivity index (χ3v) is 9.38. The Kier molecular flexibility index (Phi) is 7.63. The molecule has 41 heavy (non-hydrogen) atoms. The first kappa shape index (κ1) is 27.6. The van der Waals surface area contributed by atoms with Gasteiger partial charge >= 0.3 is 0 Å². The summed E-state index contributed by atoms with van der Waals surface area (Å²) in [7, 11) is 0. The molecule has 6 rings (SSSR count).